The molecule has 1 atom stereocenters. The molecule has 4 nitrogen and oxygen atoms in total. The Balaban J connectivity index is 2.16. The molecule has 0 radical (unpaired) electrons. The van der Waals surface area contributed by atoms with Gasteiger partial charge in [0, 0.05) is 10.4 Å². The van der Waals surface area contributed by atoms with Crippen LogP contribution in [0.25, 0.3) is 10.4 Å². The van der Waals surface area contributed by atoms with E-state index in [1.165, 1.54) is 7.11 Å². The van der Waals surface area contributed by atoms with Crippen LogP contribution in [0, 0.1) is 5.92 Å². The topological polar surface area (TPSA) is 55.4 Å². The first-order valence-electron chi connectivity index (χ1n) is 7.54. The third kappa shape index (κ3) is 4.66. The molecule has 0 saturated carbocycles. The molecule has 0 spiro atoms. The van der Waals surface area contributed by atoms with Crippen molar-refractivity contribution in [3.8, 4) is 10.4 Å². The molecule has 0 bridgehead atoms. The molecule has 2 aromatic rings. The first-order valence-corrected chi connectivity index (χ1v) is 8.42. The lowest BCUT2D eigenvalue weighted by atomic mass is 10.0. The summed E-state index contributed by atoms with van der Waals surface area (Å²) in [5, 5.41) is 4.78. The fourth-order valence-electron chi connectivity index (χ4n) is 2.33. The Hall–Kier alpha value is -2.14. The van der Waals surface area contributed by atoms with Crippen LogP contribution in [0.3, 0.4) is 0 Å². The van der Waals surface area contributed by atoms with E-state index in [1.807, 2.05) is 49.6 Å². The molecule has 1 N–H and O–H groups in total. The smallest absolute Gasteiger partial charge is 0.328 e. The minimum absolute atomic E-state index is 0.264. The summed E-state index contributed by atoms with van der Waals surface area (Å²) in [6.45, 7) is 4.00. The molecule has 5 heteroatoms. The van der Waals surface area contributed by atoms with Gasteiger partial charge in [-0.3, -0.25) is 4.79 Å². The highest BCUT2D eigenvalue weighted by molar-refractivity contribution is 7.13. The van der Waals surface area contributed by atoms with Crippen molar-refractivity contribution in [3.63, 3.8) is 0 Å². The Bertz CT molecular complexity index is 665. The van der Waals surface area contributed by atoms with Crippen LogP contribution >= 0.6 is 11.3 Å². The predicted molar refractivity (Wildman–Crippen MR) is 92.5 cm³/mol. The van der Waals surface area contributed by atoms with Crippen LogP contribution in [0.5, 0.6) is 0 Å². The zero-order valence-electron chi connectivity index (χ0n) is 13.5. The highest BCUT2D eigenvalue weighted by Gasteiger charge is 2.23. The maximum atomic E-state index is 12.5. The Morgan fingerprint density at radius 3 is 2.61 bits per heavy atom. The highest BCUT2D eigenvalue weighted by atomic mass is 32.1. The van der Waals surface area contributed by atoms with Gasteiger partial charge in [-0.05, 0) is 41.5 Å². The van der Waals surface area contributed by atoms with Crippen molar-refractivity contribution in [1.82, 2.24) is 5.32 Å². The second-order valence-electron chi connectivity index (χ2n) is 5.74. The fourth-order valence-corrected chi connectivity index (χ4v) is 3.05. The average molecular weight is 331 g/mol. The number of thiophene rings is 1. The molecule has 0 fully saturated rings. The standard InChI is InChI=1S/C18H21NO3S/c1-12(2)10-15(18(21)22-3)19-17(20)14-7-4-6-13(11-14)16-8-5-9-23-16/h4-9,11-12,15H,10H2,1-3H3,(H,19,20)/t15-/m0/s1. The van der Waals surface area contributed by atoms with Crippen LogP contribution in [0.2, 0.25) is 0 Å². The molecule has 23 heavy (non-hydrogen) atoms. The van der Waals surface area contributed by atoms with Crippen molar-refractivity contribution in [3.05, 3.63) is 47.3 Å². The first kappa shape index (κ1) is 17.2. The maximum absolute atomic E-state index is 12.5. The second kappa shape index (κ2) is 7.92. The van der Waals surface area contributed by atoms with Gasteiger partial charge in [-0.1, -0.05) is 32.0 Å². The summed E-state index contributed by atoms with van der Waals surface area (Å²) < 4.78 is 4.78. The summed E-state index contributed by atoms with van der Waals surface area (Å²) in [5.74, 6) is -0.405. The van der Waals surface area contributed by atoms with Crippen LogP contribution in [-0.4, -0.2) is 25.0 Å². The lowest BCUT2D eigenvalue weighted by Crippen LogP contribution is -2.42. The summed E-state index contributed by atoms with van der Waals surface area (Å²) in [7, 11) is 1.33. The van der Waals surface area contributed by atoms with E-state index in [2.05, 4.69) is 5.32 Å². The number of esters is 1. The van der Waals surface area contributed by atoms with E-state index in [4.69, 9.17) is 4.74 Å². The normalized spacial score (nSPS) is 12.0. The van der Waals surface area contributed by atoms with Crippen LogP contribution in [0.1, 0.15) is 30.6 Å². The van der Waals surface area contributed by atoms with Crippen LogP contribution in [0.15, 0.2) is 41.8 Å². The molecule has 0 aliphatic rings. The summed E-state index contributed by atoms with van der Waals surface area (Å²) in [6.07, 6.45) is 0.545. The molecule has 1 heterocycles. The van der Waals surface area contributed by atoms with E-state index in [1.54, 1.807) is 17.4 Å². The number of carbonyl (C=O) groups excluding carboxylic acids is 2. The number of hydrogen-bond acceptors (Lipinski definition) is 4. The van der Waals surface area contributed by atoms with Crippen LogP contribution in [0.4, 0.5) is 0 Å². The molecular formula is C18H21NO3S. The van der Waals surface area contributed by atoms with Gasteiger partial charge in [0.2, 0.25) is 0 Å². The number of carbonyl (C=O) groups is 2. The molecule has 1 aromatic heterocycles. The highest BCUT2D eigenvalue weighted by Crippen LogP contribution is 2.25. The number of amides is 1. The second-order valence-corrected chi connectivity index (χ2v) is 6.68. The summed E-state index contributed by atoms with van der Waals surface area (Å²) in [6, 6.07) is 10.8. The Morgan fingerprint density at radius 1 is 1.22 bits per heavy atom. The van der Waals surface area contributed by atoms with Gasteiger partial charge in [0.1, 0.15) is 6.04 Å². The minimum Gasteiger partial charge on any atom is -0.467 e. The van der Waals surface area contributed by atoms with Gasteiger partial charge in [0.05, 0.1) is 7.11 Å². The summed E-state index contributed by atoms with van der Waals surface area (Å²) >= 11 is 1.62. The Kier molecular flexibility index (Phi) is 5.93. The third-order valence-corrected chi connectivity index (χ3v) is 4.35. The van der Waals surface area contributed by atoms with Crippen molar-refractivity contribution in [1.29, 1.82) is 0 Å². The summed E-state index contributed by atoms with van der Waals surface area (Å²) in [5.41, 5.74) is 1.53. The lowest BCUT2D eigenvalue weighted by molar-refractivity contribution is -0.143. The van der Waals surface area contributed by atoms with Crippen LogP contribution in [-0.2, 0) is 9.53 Å². The van der Waals surface area contributed by atoms with Gasteiger partial charge in [0.25, 0.3) is 5.91 Å². The maximum Gasteiger partial charge on any atom is 0.328 e. The van der Waals surface area contributed by atoms with Gasteiger partial charge >= 0.3 is 5.97 Å². The van der Waals surface area contributed by atoms with Gasteiger partial charge in [0.15, 0.2) is 0 Å². The summed E-state index contributed by atoms with van der Waals surface area (Å²) in [4.78, 5) is 25.4. The molecule has 122 valence electrons. The van der Waals surface area contributed by atoms with E-state index >= 15 is 0 Å². The van der Waals surface area contributed by atoms with Crippen molar-refractivity contribution in [2.75, 3.05) is 7.11 Å². The van der Waals surface area contributed by atoms with Gasteiger partial charge in [-0.15, -0.1) is 11.3 Å². The van der Waals surface area contributed by atoms with Gasteiger partial charge in [-0.25, -0.2) is 4.79 Å². The van der Waals surface area contributed by atoms with Gasteiger partial charge in [-0.2, -0.15) is 0 Å². The molecule has 0 saturated heterocycles. The van der Waals surface area contributed by atoms with Crippen molar-refractivity contribution >= 4 is 23.2 Å². The predicted octanol–water partition coefficient (Wildman–Crippen LogP) is 3.73. The molecule has 1 amide bonds. The number of ether oxygens (including phenoxy) is 1. The molecule has 0 unspecified atom stereocenters. The van der Waals surface area contributed by atoms with Crippen LogP contribution < -0.4 is 5.32 Å². The third-order valence-electron chi connectivity index (χ3n) is 3.43. The number of methoxy groups -OCH3 is 1. The molecular weight excluding hydrogens is 310 g/mol. The van der Waals surface area contributed by atoms with E-state index in [-0.39, 0.29) is 11.8 Å². The zero-order chi connectivity index (χ0) is 16.8. The van der Waals surface area contributed by atoms with E-state index < -0.39 is 12.0 Å². The van der Waals surface area contributed by atoms with Crippen molar-refractivity contribution in [2.24, 2.45) is 5.92 Å². The van der Waals surface area contributed by atoms with Crippen molar-refractivity contribution < 1.29 is 14.3 Å². The SMILES string of the molecule is COC(=O)[C@H](CC(C)C)NC(=O)c1cccc(-c2cccs2)c1. The minimum atomic E-state index is -0.627. The molecule has 0 aliphatic carbocycles. The van der Waals surface area contributed by atoms with E-state index in [0.717, 1.165) is 10.4 Å². The van der Waals surface area contributed by atoms with Gasteiger partial charge < -0.3 is 10.1 Å². The largest absolute Gasteiger partial charge is 0.467 e. The van der Waals surface area contributed by atoms with E-state index in [0.29, 0.717) is 12.0 Å². The quantitative estimate of drug-likeness (QED) is 0.821. The fraction of sp³-hybridized carbons (Fsp3) is 0.333. The molecule has 2 rings (SSSR count). The Morgan fingerprint density at radius 2 is 2.00 bits per heavy atom. The van der Waals surface area contributed by atoms with Crippen molar-refractivity contribution in [2.45, 2.75) is 26.3 Å². The number of nitrogens with one attached hydrogen (secondary N) is 1. The van der Waals surface area contributed by atoms with E-state index in [9.17, 15) is 9.59 Å². The number of rotatable bonds is 6. The molecule has 1 aromatic carbocycles. The average Bonchev–Trinajstić information content (AvgIpc) is 3.07. The lowest BCUT2D eigenvalue weighted by Gasteiger charge is -2.18. The monoisotopic (exact) mass is 331 g/mol. The first-order chi connectivity index (χ1) is 11.0. The number of hydrogen-bond donors (Lipinski definition) is 1. The molecule has 0 aliphatic heterocycles. The Labute approximate surface area is 140 Å². The number of benzene rings is 1. The zero-order valence-corrected chi connectivity index (χ0v) is 14.4.